The first-order valence-corrected chi connectivity index (χ1v) is 11.0. The van der Waals surface area contributed by atoms with Crippen LogP contribution in [0.3, 0.4) is 0 Å². The molecule has 0 bridgehead atoms. The number of rotatable bonds is 4. The Balaban J connectivity index is 1.86. The molecule has 0 aliphatic carbocycles. The molecule has 1 aliphatic rings. The lowest BCUT2D eigenvalue weighted by Gasteiger charge is -2.23. The molecule has 142 valence electrons. The lowest BCUT2D eigenvalue weighted by Crippen LogP contribution is -2.43. The van der Waals surface area contributed by atoms with Crippen LogP contribution in [0.15, 0.2) is 29.2 Å². The van der Waals surface area contributed by atoms with E-state index in [9.17, 15) is 18.5 Å². The van der Waals surface area contributed by atoms with Gasteiger partial charge in [0, 0.05) is 16.4 Å². The maximum Gasteiger partial charge on any atom is 0.243 e. The van der Waals surface area contributed by atoms with Crippen molar-refractivity contribution in [1.82, 2.24) is 4.31 Å². The summed E-state index contributed by atoms with van der Waals surface area (Å²) in [6.07, 6.45) is 1.03. The monoisotopic (exact) mass is 423 g/mol. The van der Waals surface area contributed by atoms with Gasteiger partial charge in [0.15, 0.2) is 0 Å². The molecule has 1 atom stereocenters. The third-order valence-electron chi connectivity index (χ3n) is 4.66. The number of carbonyl (C=O) groups is 1. The molecule has 0 radical (unpaired) electrons. The van der Waals surface area contributed by atoms with Crippen LogP contribution in [-0.4, -0.2) is 31.2 Å². The van der Waals surface area contributed by atoms with Crippen LogP contribution < -0.4 is 5.32 Å². The van der Waals surface area contributed by atoms with E-state index in [-0.39, 0.29) is 11.4 Å². The lowest BCUT2D eigenvalue weighted by atomic mass is 10.2. The van der Waals surface area contributed by atoms with E-state index in [0.717, 1.165) is 10.4 Å². The second kappa shape index (κ2) is 7.60. The topological polar surface area (TPSA) is 90.3 Å². The standard InChI is InChI=1S/C18H18ClN3O3S2/c1-11-12(2)26-18(15(11)10-20)21-17(23)16-4-3-9-22(16)27(24,25)14-7-5-13(19)6-8-14/h5-8,16H,3-4,9H2,1-2H3,(H,21,23). The van der Waals surface area contributed by atoms with Crippen LogP contribution in [0.25, 0.3) is 0 Å². The Labute approximate surface area is 167 Å². The summed E-state index contributed by atoms with van der Waals surface area (Å²) in [5.41, 5.74) is 1.26. The van der Waals surface area contributed by atoms with E-state index < -0.39 is 22.0 Å². The molecule has 2 aromatic rings. The minimum Gasteiger partial charge on any atom is -0.315 e. The van der Waals surface area contributed by atoms with Crippen LogP contribution in [0.5, 0.6) is 0 Å². The van der Waals surface area contributed by atoms with E-state index in [0.29, 0.717) is 28.4 Å². The molecule has 2 heterocycles. The molecule has 1 saturated heterocycles. The number of nitrogens with one attached hydrogen (secondary N) is 1. The lowest BCUT2D eigenvalue weighted by molar-refractivity contribution is -0.119. The fraction of sp³-hybridized carbons (Fsp3) is 0.333. The van der Waals surface area contributed by atoms with Crippen molar-refractivity contribution >= 4 is 43.9 Å². The average Bonchev–Trinajstić information content (AvgIpc) is 3.21. The van der Waals surface area contributed by atoms with Crippen LogP contribution in [0, 0.1) is 25.2 Å². The van der Waals surface area contributed by atoms with Gasteiger partial charge in [-0.15, -0.1) is 11.3 Å². The van der Waals surface area contributed by atoms with Crippen LogP contribution in [-0.2, 0) is 14.8 Å². The number of benzene rings is 1. The van der Waals surface area contributed by atoms with Crippen molar-refractivity contribution in [2.24, 2.45) is 0 Å². The van der Waals surface area contributed by atoms with E-state index >= 15 is 0 Å². The average molecular weight is 424 g/mol. The molecule has 1 unspecified atom stereocenters. The number of anilines is 1. The van der Waals surface area contributed by atoms with Crippen molar-refractivity contribution in [2.45, 2.75) is 37.6 Å². The van der Waals surface area contributed by atoms with Gasteiger partial charge in [-0.05, 0) is 56.5 Å². The predicted molar refractivity (Wildman–Crippen MR) is 106 cm³/mol. The summed E-state index contributed by atoms with van der Waals surface area (Å²) in [5, 5.41) is 13.0. The van der Waals surface area contributed by atoms with Crippen molar-refractivity contribution in [3.8, 4) is 6.07 Å². The zero-order chi connectivity index (χ0) is 19.8. The highest BCUT2D eigenvalue weighted by molar-refractivity contribution is 7.89. The summed E-state index contributed by atoms with van der Waals surface area (Å²) in [4.78, 5) is 13.9. The molecule has 1 aromatic carbocycles. The molecule has 0 spiro atoms. The van der Waals surface area contributed by atoms with E-state index in [1.807, 2.05) is 13.8 Å². The van der Waals surface area contributed by atoms with E-state index in [2.05, 4.69) is 11.4 Å². The Bertz CT molecular complexity index is 1020. The van der Waals surface area contributed by atoms with E-state index in [1.54, 1.807) is 0 Å². The Morgan fingerprint density at radius 2 is 2.00 bits per heavy atom. The van der Waals surface area contributed by atoms with Crippen molar-refractivity contribution in [2.75, 3.05) is 11.9 Å². The second-order valence-corrected chi connectivity index (χ2v) is 9.87. The molecule has 1 aliphatic heterocycles. The van der Waals surface area contributed by atoms with Gasteiger partial charge in [0.25, 0.3) is 0 Å². The van der Waals surface area contributed by atoms with Gasteiger partial charge in [-0.1, -0.05) is 11.6 Å². The van der Waals surface area contributed by atoms with Crippen LogP contribution in [0.1, 0.15) is 28.8 Å². The number of amides is 1. The molecule has 6 nitrogen and oxygen atoms in total. The van der Waals surface area contributed by atoms with Crippen LogP contribution >= 0.6 is 22.9 Å². The second-order valence-electron chi connectivity index (χ2n) is 6.32. The number of aryl methyl sites for hydroxylation is 1. The van der Waals surface area contributed by atoms with Crippen LogP contribution in [0.2, 0.25) is 5.02 Å². The molecule has 9 heteroatoms. The van der Waals surface area contributed by atoms with Gasteiger partial charge in [-0.3, -0.25) is 4.79 Å². The number of sulfonamides is 1. The summed E-state index contributed by atoms with van der Waals surface area (Å²) in [5.74, 6) is -0.414. The quantitative estimate of drug-likeness (QED) is 0.812. The molecule has 27 heavy (non-hydrogen) atoms. The van der Waals surface area contributed by atoms with Gasteiger partial charge in [-0.2, -0.15) is 9.57 Å². The van der Waals surface area contributed by atoms with E-state index in [1.165, 1.54) is 39.9 Å². The largest absolute Gasteiger partial charge is 0.315 e. The van der Waals surface area contributed by atoms with Crippen molar-refractivity contribution in [1.29, 1.82) is 5.26 Å². The van der Waals surface area contributed by atoms with Crippen molar-refractivity contribution < 1.29 is 13.2 Å². The van der Waals surface area contributed by atoms with Crippen molar-refractivity contribution in [3.05, 3.63) is 45.3 Å². The van der Waals surface area contributed by atoms with Crippen molar-refractivity contribution in [3.63, 3.8) is 0 Å². The molecule has 1 fully saturated rings. The fourth-order valence-corrected chi connectivity index (χ4v) is 5.87. The summed E-state index contributed by atoms with van der Waals surface area (Å²) >= 11 is 7.16. The minimum atomic E-state index is -3.81. The van der Waals surface area contributed by atoms with Crippen LogP contribution in [0.4, 0.5) is 5.00 Å². The maximum atomic E-state index is 12.9. The highest BCUT2D eigenvalue weighted by Crippen LogP contribution is 2.33. The molecule has 1 N–H and O–H groups in total. The molecular weight excluding hydrogens is 406 g/mol. The number of hydrogen-bond donors (Lipinski definition) is 1. The summed E-state index contributed by atoms with van der Waals surface area (Å²) in [7, 11) is -3.81. The molecule has 0 saturated carbocycles. The number of nitriles is 1. The highest BCUT2D eigenvalue weighted by Gasteiger charge is 2.39. The Morgan fingerprint density at radius 3 is 2.63 bits per heavy atom. The Hall–Kier alpha value is -1.92. The fourth-order valence-electron chi connectivity index (χ4n) is 3.08. The molecule has 1 amide bonds. The first-order valence-electron chi connectivity index (χ1n) is 8.34. The number of nitrogens with zero attached hydrogens (tertiary/aromatic N) is 2. The normalized spacial score (nSPS) is 17.6. The minimum absolute atomic E-state index is 0.104. The highest BCUT2D eigenvalue weighted by atomic mass is 35.5. The Morgan fingerprint density at radius 1 is 1.33 bits per heavy atom. The number of thiophene rings is 1. The van der Waals surface area contributed by atoms with Gasteiger partial charge in [0.2, 0.25) is 15.9 Å². The summed E-state index contributed by atoms with van der Waals surface area (Å²) in [6, 6.07) is 7.19. The summed E-state index contributed by atoms with van der Waals surface area (Å²) in [6.45, 7) is 3.98. The zero-order valence-corrected chi connectivity index (χ0v) is 17.2. The van der Waals surface area contributed by atoms with Gasteiger partial charge >= 0.3 is 0 Å². The molecular formula is C18H18ClN3O3S2. The SMILES string of the molecule is Cc1sc(NC(=O)C2CCCN2S(=O)(=O)c2ccc(Cl)cc2)c(C#N)c1C. The van der Waals surface area contributed by atoms with Gasteiger partial charge in [0.05, 0.1) is 10.5 Å². The smallest absolute Gasteiger partial charge is 0.243 e. The Kier molecular flexibility index (Phi) is 5.58. The third kappa shape index (κ3) is 3.73. The van der Waals surface area contributed by atoms with Gasteiger partial charge in [0.1, 0.15) is 17.1 Å². The van der Waals surface area contributed by atoms with Gasteiger partial charge in [-0.25, -0.2) is 8.42 Å². The molecule has 3 rings (SSSR count). The molecule has 1 aromatic heterocycles. The number of hydrogen-bond acceptors (Lipinski definition) is 5. The maximum absolute atomic E-state index is 12.9. The third-order valence-corrected chi connectivity index (χ3v) is 7.96. The first-order chi connectivity index (χ1) is 12.8. The first kappa shape index (κ1) is 19.8. The zero-order valence-electron chi connectivity index (χ0n) is 14.8. The van der Waals surface area contributed by atoms with E-state index in [4.69, 9.17) is 11.6 Å². The van der Waals surface area contributed by atoms with Gasteiger partial charge < -0.3 is 5.32 Å². The predicted octanol–water partition coefficient (Wildman–Crippen LogP) is 3.68. The summed E-state index contributed by atoms with van der Waals surface area (Å²) < 4.78 is 27.1. The number of carbonyl (C=O) groups excluding carboxylic acids is 1. The number of halogens is 1.